The van der Waals surface area contributed by atoms with Gasteiger partial charge in [0, 0.05) is 47.3 Å². The summed E-state index contributed by atoms with van der Waals surface area (Å²) in [6.07, 6.45) is 2.95. The molecule has 0 saturated carbocycles. The number of carbonyl (C=O) groups excluding carboxylic acids is 3. The number of benzene rings is 1. The zero-order valence-electron chi connectivity index (χ0n) is 19.7. The van der Waals surface area contributed by atoms with Gasteiger partial charge in [0.2, 0.25) is 5.91 Å². The molecule has 2 rings (SSSR count). The summed E-state index contributed by atoms with van der Waals surface area (Å²) >= 11 is 0. The Morgan fingerprint density at radius 2 is 1.74 bits per heavy atom. The molecule has 6 heteroatoms. The van der Waals surface area contributed by atoms with E-state index >= 15 is 0 Å². The molecule has 170 valence electrons. The molecule has 1 unspecified atom stereocenters. The van der Waals surface area contributed by atoms with Gasteiger partial charge in [0.15, 0.2) is 5.78 Å². The Balaban J connectivity index is 2.33. The molecule has 0 aliphatic rings. The maximum atomic E-state index is 13.5. The number of ketones is 2. The predicted octanol–water partition coefficient (Wildman–Crippen LogP) is 3.92. The molecule has 0 bridgehead atoms. The van der Waals surface area contributed by atoms with Gasteiger partial charge in [0.05, 0.1) is 5.54 Å². The summed E-state index contributed by atoms with van der Waals surface area (Å²) in [6.45, 7) is 11.4. The average molecular weight is 428 g/mol. The van der Waals surface area contributed by atoms with E-state index in [1.54, 1.807) is 0 Å². The number of fused-ring (bicyclic) bond motifs is 1. The van der Waals surface area contributed by atoms with Gasteiger partial charge in [-0.05, 0) is 45.2 Å². The van der Waals surface area contributed by atoms with Crippen LogP contribution in [0.4, 0.5) is 0 Å². The summed E-state index contributed by atoms with van der Waals surface area (Å²) in [4.78, 5) is 41.4. The number of aromatic amines is 1. The van der Waals surface area contributed by atoms with Gasteiger partial charge in [0.1, 0.15) is 5.78 Å². The number of nitrogens with two attached hydrogens (primary N) is 1. The van der Waals surface area contributed by atoms with Crippen LogP contribution in [-0.4, -0.2) is 34.0 Å². The Kier molecular flexibility index (Phi) is 7.82. The summed E-state index contributed by atoms with van der Waals surface area (Å²) < 4.78 is 0. The Labute approximate surface area is 185 Å². The van der Waals surface area contributed by atoms with Crippen LogP contribution >= 0.6 is 0 Å². The second kappa shape index (κ2) is 9.77. The molecule has 6 nitrogen and oxygen atoms in total. The largest absolute Gasteiger partial charge is 0.370 e. The second-order valence-corrected chi connectivity index (χ2v) is 10.1. The molecule has 2 aromatic rings. The van der Waals surface area contributed by atoms with Crippen LogP contribution in [0.3, 0.4) is 0 Å². The van der Waals surface area contributed by atoms with Crippen molar-refractivity contribution in [2.75, 3.05) is 0 Å². The van der Waals surface area contributed by atoms with Crippen molar-refractivity contribution in [3.05, 3.63) is 36.0 Å². The molecular formula is C25H37N3O3. The first kappa shape index (κ1) is 24.8. The monoisotopic (exact) mass is 427 g/mol. The van der Waals surface area contributed by atoms with E-state index in [1.165, 1.54) is 0 Å². The number of hydrogen-bond acceptors (Lipinski definition) is 4. The van der Waals surface area contributed by atoms with Gasteiger partial charge in [-0.25, -0.2) is 0 Å². The SMILES string of the molecule is CC(C)N[C@@](C)(CCC(N)=O)C(=O)CC(Cc1c[nH]c2ccccc12)C(=O)C(C)(C)C. The van der Waals surface area contributed by atoms with E-state index in [4.69, 9.17) is 5.73 Å². The number of nitrogens with one attached hydrogen (secondary N) is 2. The number of para-hydroxylation sites is 1. The molecule has 0 aliphatic carbocycles. The van der Waals surface area contributed by atoms with Gasteiger partial charge in [-0.15, -0.1) is 0 Å². The van der Waals surface area contributed by atoms with Crippen LogP contribution in [0.15, 0.2) is 30.5 Å². The van der Waals surface area contributed by atoms with E-state index in [-0.39, 0.29) is 30.4 Å². The number of amides is 1. The summed E-state index contributed by atoms with van der Waals surface area (Å²) in [6, 6.07) is 8.01. The van der Waals surface area contributed by atoms with Crippen molar-refractivity contribution in [2.24, 2.45) is 17.1 Å². The van der Waals surface area contributed by atoms with Crippen LogP contribution < -0.4 is 11.1 Å². The fourth-order valence-electron chi connectivity index (χ4n) is 4.19. The molecular weight excluding hydrogens is 390 g/mol. The molecule has 1 aromatic heterocycles. The number of carbonyl (C=O) groups is 3. The normalized spacial score (nSPS) is 15.1. The Morgan fingerprint density at radius 3 is 2.32 bits per heavy atom. The number of primary amides is 1. The van der Waals surface area contributed by atoms with Gasteiger partial charge < -0.3 is 16.0 Å². The first-order valence-electron chi connectivity index (χ1n) is 11.0. The molecule has 1 amide bonds. The van der Waals surface area contributed by atoms with E-state index in [1.807, 2.05) is 72.0 Å². The fraction of sp³-hybridized carbons (Fsp3) is 0.560. The van der Waals surface area contributed by atoms with Gasteiger partial charge >= 0.3 is 0 Å². The predicted molar refractivity (Wildman–Crippen MR) is 125 cm³/mol. The highest BCUT2D eigenvalue weighted by Gasteiger charge is 2.38. The quantitative estimate of drug-likeness (QED) is 0.505. The minimum atomic E-state index is -0.917. The van der Waals surface area contributed by atoms with Crippen LogP contribution in [0.5, 0.6) is 0 Å². The van der Waals surface area contributed by atoms with Crippen molar-refractivity contribution < 1.29 is 14.4 Å². The molecule has 2 atom stereocenters. The number of hydrogen-bond donors (Lipinski definition) is 3. The van der Waals surface area contributed by atoms with E-state index in [0.29, 0.717) is 12.8 Å². The maximum absolute atomic E-state index is 13.5. The van der Waals surface area contributed by atoms with Crippen molar-refractivity contribution in [1.82, 2.24) is 10.3 Å². The highest BCUT2D eigenvalue weighted by molar-refractivity contribution is 5.95. The number of H-pyrrole nitrogens is 1. The highest BCUT2D eigenvalue weighted by atomic mass is 16.1. The molecule has 0 spiro atoms. The van der Waals surface area contributed by atoms with Crippen molar-refractivity contribution >= 4 is 28.4 Å². The first-order valence-corrected chi connectivity index (χ1v) is 11.0. The van der Waals surface area contributed by atoms with E-state index < -0.39 is 22.8 Å². The maximum Gasteiger partial charge on any atom is 0.217 e. The van der Waals surface area contributed by atoms with Crippen LogP contribution in [0.25, 0.3) is 10.9 Å². The van der Waals surface area contributed by atoms with E-state index in [0.717, 1.165) is 16.5 Å². The van der Waals surface area contributed by atoms with Gasteiger partial charge in [0.25, 0.3) is 0 Å². The molecule has 31 heavy (non-hydrogen) atoms. The number of aromatic nitrogens is 1. The first-order chi connectivity index (χ1) is 14.3. The van der Waals surface area contributed by atoms with Crippen molar-refractivity contribution in [2.45, 2.75) is 78.8 Å². The minimum absolute atomic E-state index is 0.0483. The molecule has 1 aromatic carbocycles. The standard InChI is InChI=1S/C25H37N3O3/c1-16(2)28-25(6,12-11-22(26)30)21(29)14-17(23(31)24(3,4)5)13-18-15-27-20-10-8-7-9-19(18)20/h7-10,15-17,27-28H,11-14H2,1-6H3,(H2,26,30)/t17?,25-/m0/s1. The van der Waals surface area contributed by atoms with Crippen molar-refractivity contribution in [1.29, 1.82) is 0 Å². The smallest absolute Gasteiger partial charge is 0.217 e. The summed E-state index contributed by atoms with van der Waals surface area (Å²) in [5.41, 5.74) is 5.91. The lowest BCUT2D eigenvalue weighted by molar-refractivity contribution is -0.135. The van der Waals surface area contributed by atoms with Crippen LogP contribution in [0.1, 0.15) is 66.4 Å². The van der Waals surface area contributed by atoms with Crippen LogP contribution in [0, 0.1) is 11.3 Å². The zero-order valence-corrected chi connectivity index (χ0v) is 19.7. The summed E-state index contributed by atoms with van der Waals surface area (Å²) in [5.74, 6) is -0.892. The van der Waals surface area contributed by atoms with Crippen molar-refractivity contribution in [3.63, 3.8) is 0 Å². The fourth-order valence-corrected chi connectivity index (χ4v) is 4.19. The molecule has 0 saturated heterocycles. The van der Waals surface area contributed by atoms with E-state index in [9.17, 15) is 14.4 Å². The third-order valence-corrected chi connectivity index (χ3v) is 5.78. The molecule has 0 radical (unpaired) electrons. The number of Topliss-reactive ketones (excluding diaryl/α,β-unsaturated/α-hetero) is 2. The molecule has 0 fully saturated rings. The Morgan fingerprint density at radius 1 is 1.10 bits per heavy atom. The topological polar surface area (TPSA) is 105 Å². The Hall–Kier alpha value is -2.47. The highest BCUT2D eigenvalue weighted by Crippen LogP contribution is 2.30. The number of rotatable bonds is 11. The lowest BCUT2D eigenvalue weighted by Crippen LogP contribution is -2.53. The third kappa shape index (κ3) is 6.50. The van der Waals surface area contributed by atoms with E-state index in [2.05, 4.69) is 10.3 Å². The second-order valence-electron chi connectivity index (χ2n) is 10.1. The molecule has 4 N–H and O–H groups in total. The Bertz CT molecular complexity index is 939. The van der Waals surface area contributed by atoms with Gasteiger partial charge in [-0.2, -0.15) is 0 Å². The zero-order chi connectivity index (χ0) is 23.4. The summed E-state index contributed by atoms with van der Waals surface area (Å²) in [7, 11) is 0. The minimum Gasteiger partial charge on any atom is -0.370 e. The lowest BCUT2D eigenvalue weighted by Gasteiger charge is -2.33. The molecule has 0 aliphatic heterocycles. The van der Waals surface area contributed by atoms with Gasteiger partial charge in [-0.1, -0.05) is 39.0 Å². The van der Waals surface area contributed by atoms with Gasteiger partial charge in [-0.3, -0.25) is 14.4 Å². The molecule has 1 heterocycles. The third-order valence-electron chi connectivity index (χ3n) is 5.78. The van der Waals surface area contributed by atoms with Crippen LogP contribution in [-0.2, 0) is 20.8 Å². The average Bonchev–Trinajstić information content (AvgIpc) is 3.07. The van der Waals surface area contributed by atoms with Crippen LogP contribution in [0.2, 0.25) is 0 Å². The van der Waals surface area contributed by atoms with Crippen molar-refractivity contribution in [3.8, 4) is 0 Å². The lowest BCUT2D eigenvalue weighted by atomic mass is 9.75. The summed E-state index contributed by atoms with van der Waals surface area (Å²) in [5, 5.41) is 4.38.